The molecule has 2 rings (SSSR count). The van der Waals surface area contributed by atoms with Crippen LogP contribution in [0.15, 0.2) is 24.3 Å². The fourth-order valence-corrected chi connectivity index (χ4v) is 1.89. The van der Waals surface area contributed by atoms with Crippen LogP contribution in [0.1, 0.15) is 6.42 Å². The summed E-state index contributed by atoms with van der Waals surface area (Å²) in [6.07, 6.45) is 0.262. The van der Waals surface area contributed by atoms with E-state index in [-0.39, 0.29) is 31.3 Å². The summed E-state index contributed by atoms with van der Waals surface area (Å²) in [7, 11) is 0. The van der Waals surface area contributed by atoms with E-state index in [2.05, 4.69) is 10.6 Å². The number of carbonyl (C=O) groups excluding carboxylic acids is 2. The SMILES string of the molecule is N#CCCNC(=O)CN1C(=O)CNc2ccccc21. The van der Waals surface area contributed by atoms with Gasteiger partial charge in [0.05, 0.1) is 30.4 Å². The lowest BCUT2D eigenvalue weighted by Gasteiger charge is -2.29. The third-order valence-electron chi connectivity index (χ3n) is 2.79. The van der Waals surface area contributed by atoms with Crippen molar-refractivity contribution in [1.29, 1.82) is 5.26 Å². The summed E-state index contributed by atoms with van der Waals surface area (Å²) < 4.78 is 0. The number of rotatable bonds is 4. The summed E-state index contributed by atoms with van der Waals surface area (Å²) in [6.45, 7) is 0.461. The summed E-state index contributed by atoms with van der Waals surface area (Å²) in [5.74, 6) is -0.408. The molecule has 0 aromatic heterocycles. The van der Waals surface area contributed by atoms with Gasteiger partial charge in [-0.25, -0.2) is 0 Å². The molecule has 1 aromatic rings. The van der Waals surface area contributed by atoms with Crippen molar-refractivity contribution in [1.82, 2.24) is 5.32 Å². The Kier molecular flexibility index (Phi) is 3.98. The molecule has 0 aliphatic carbocycles. The molecule has 0 atom stereocenters. The number of fused-ring (bicyclic) bond motifs is 1. The molecule has 1 heterocycles. The van der Waals surface area contributed by atoms with Crippen molar-refractivity contribution in [2.45, 2.75) is 6.42 Å². The minimum absolute atomic E-state index is 0.0248. The largest absolute Gasteiger partial charge is 0.374 e. The minimum Gasteiger partial charge on any atom is -0.374 e. The topological polar surface area (TPSA) is 85.2 Å². The minimum atomic E-state index is -0.264. The molecule has 19 heavy (non-hydrogen) atoms. The monoisotopic (exact) mass is 258 g/mol. The zero-order valence-corrected chi connectivity index (χ0v) is 10.3. The van der Waals surface area contributed by atoms with Crippen LogP contribution < -0.4 is 15.5 Å². The van der Waals surface area contributed by atoms with Crippen LogP contribution in [0.3, 0.4) is 0 Å². The van der Waals surface area contributed by atoms with E-state index >= 15 is 0 Å². The lowest BCUT2D eigenvalue weighted by atomic mass is 10.2. The van der Waals surface area contributed by atoms with Gasteiger partial charge in [-0.15, -0.1) is 0 Å². The smallest absolute Gasteiger partial charge is 0.246 e. The standard InChI is InChI=1S/C13H14N4O2/c14-6-3-7-15-12(18)9-17-11-5-2-1-4-10(11)16-8-13(17)19/h1-2,4-5,16H,3,7-9H2,(H,15,18). The zero-order chi connectivity index (χ0) is 13.7. The summed E-state index contributed by atoms with van der Waals surface area (Å²) in [5.41, 5.74) is 1.54. The van der Waals surface area contributed by atoms with Gasteiger partial charge < -0.3 is 10.6 Å². The maximum absolute atomic E-state index is 11.9. The Morgan fingerprint density at radius 3 is 3.05 bits per heavy atom. The van der Waals surface area contributed by atoms with Crippen LogP contribution in [0.2, 0.25) is 0 Å². The molecule has 0 radical (unpaired) electrons. The molecule has 1 aliphatic heterocycles. The van der Waals surface area contributed by atoms with Crippen molar-refractivity contribution in [3.63, 3.8) is 0 Å². The number of carbonyl (C=O) groups is 2. The van der Waals surface area contributed by atoms with Gasteiger partial charge in [-0.2, -0.15) is 5.26 Å². The number of nitrogens with one attached hydrogen (secondary N) is 2. The Morgan fingerprint density at radius 1 is 1.47 bits per heavy atom. The van der Waals surface area contributed by atoms with Gasteiger partial charge in [0.25, 0.3) is 0 Å². The molecule has 0 saturated carbocycles. The first-order valence-electron chi connectivity index (χ1n) is 5.99. The van der Waals surface area contributed by atoms with Gasteiger partial charge in [-0.05, 0) is 12.1 Å². The highest BCUT2D eigenvalue weighted by molar-refractivity contribution is 6.05. The number of anilines is 2. The van der Waals surface area contributed by atoms with E-state index in [0.29, 0.717) is 12.2 Å². The predicted molar refractivity (Wildman–Crippen MR) is 70.5 cm³/mol. The third-order valence-corrected chi connectivity index (χ3v) is 2.79. The average molecular weight is 258 g/mol. The van der Waals surface area contributed by atoms with E-state index in [1.807, 2.05) is 24.3 Å². The van der Waals surface area contributed by atoms with E-state index in [9.17, 15) is 9.59 Å². The number of para-hydroxylation sites is 2. The lowest BCUT2D eigenvalue weighted by molar-refractivity contribution is -0.123. The summed E-state index contributed by atoms with van der Waals surface area (Å²) in [6, 6.07) is 9.29. The number of nitrogens with zero attached hydrogens (tertiary/aromatic N) is 2. The molecule has 98 valence electrons. The second-order valence-corrected chi connectivity index (χ2v) is 4.11. The van der Waals surface area contributed by atoms with E-state index < -0.39 is 0 Å². The second-order valence-electron chi connectivity index (χ2n) is 4.11. The summed E-state index contributed by atoms with van der Waals surface area (Å²) >= 11 is 0. The second kappa shape index (κ2) is 5.87. The lowest BCUT2D eigenvalue weighted by Crippen LogP contribution is -2.45. The van der Waals surface area contributed by atoms with E-state index in [1.165, 1.54) is 4.90 Å². The van der Waals surface area contributed by atoms with Crippen molar-refractivity contribution in [2.24, 2.45) is 0 Å². The molecule has 0 fully saturated rings. The molecule has 1 aromatic carbocycles. The molecular weight excluding hydrogens is 244 g/mol. The van der Waals surface area contributed by atoms with Crippen LogP contribution in [-0.4, -0.2) is 31.4 Å². The first-order valence-corrected chi connectivity index (χ1v) is 5.99. The predicted octanol–water partition coefficient (Wildman–Crippen LogP) is 0.475. The molecule has 2 amide bonds. The van der Waals surface area contributed by atoms with Gasteiger partial charge in [0, 0.05) is 6.54 Å². The molecule has 0 unspecified atom stereocenters. The molecule has 6 nitrogen and oxygen atoms in total. The number of hydrogen-bond acceptors (Lipinski definition) is 4. The van der Waals surface area contributed by atoms with Crippen LogP contribution in [0.5, 0.6) is 0 Å². The molecule has 0 saturated heterocycles. The molecule has 0 spiro atoms. The van der Waals surface area contributed by atoms with Crippen molar-refractivity contribution < 1.29 is 9.59 Å². The highest BCUT2D eigenvalue weighted by Crippen LogP contribution is 2.28. The van der Waals surface area contributed by atoms with E-state index in [0.717, 1.165) is 5.69 Å². The van der Waals surface area contributed by atoms with E-state index in [4.69, 9.17) is 5.26 Å². The zero-order valence-electron chi connectivity index (χ0n) is 10.3. The van der Waals surface area contributed by atoms with Crippen molar-refractivity contribution >= 4 is 23.2 Å². The van der Waals surface area contributed by atoms with Gasteiger partial charge in [0.2, 0.25) is 11.8 Å². The first kappa shape index (κ1) is 12.9. The van der Waals surface area contributed by atoms with Crippen LogP contribution in [0.4, 0.5) is 11.4 Å². The Balaban J connectivity index is 2.05. The molecule has 6 heteroatoms. The fourth-order valence-electron chi connectivity index (χ4n) is 1.89. The maximum atomic E-state index is 11.9. The van der Waals surface area contributed by atoms with Crippen molar-refractivity contribution in [3.8, 4) is 6.07 Å². The van der Waals surface area contributed by atoms with Crippen LogP contribution in [-0.2, 0) is 9.59 Å². The highest BCUT2D eigenvalue weighted by atomic mass is 16.2. The Labute approximate surface area is 111 Å². The Bertz CT molecular complexity index is 536. The maximum Gasteiger partial charge on any atom is 0.246 e. The summed E-state index contributed by atoms with van der Waals surface area (Å²) in [5, 5.41) is 14.0. The highest BCUT2D eigenvalue weighted by Gasteiger charge is 2.25. The van der Waals surface area contributed by atoms with Crippen LogP contribution >= 0.6 is 0 Å². The normalized spacial score (nSPS) is 13.2. The number of hydrogen-bond donors (Lipinski definition) is 2. The van der Waals surface area contributed by atoms with Crippen molar-refractivity contribution in [3.05, 3.63) is 24.3 Å². The van der Waals surface area contributed by atoms with Gasteiger partial charge in [0.1, 0.15) is 6.54 Å². The van der Waals surface area contributed by atoms with Gasteiger partial charge >= 0.3 is 0 Å². The van der Waals surface area contributed by atoms with Crippen molar-refractivity contribution in [2.75, 3.05) is 29.9 Å². The molecular formula is C13H14N4O2. The number of benzene rings is 1. The quantitative estimate of drug-likeness (QED) is 0.769. The van der Waals surface area contributed by atoms with Gasteiger partial charge in [-0.3, -0.25) is 14.5 Å². The van der Waals surface area contributed by atoms with Crippen LogP contribution in [0, 0.1) is 11.3 Å². The molecule has 0 bridgehead atoms. The fraction of sp³-hybridized carbons (Fsp3) is 0.308. The summed E-state index contributed by atoms with van der Waals surface area (Å²) in [4.78, 5) is 25.0. The van der Waals surface area contributed by atoms with Crippen LogP contribution in [0.25, 0.3) is 0 Å². The molecule has 2 N–H and O–H groups in total. The first-order chi connectivity index (χ1) is 9.22. The number of amides is 2. The Hall–Kier alpha value is -2.55. The third kappa shape index (κ3) is 3.01. The van der Waals surface area contributed by atoms with E-state index in [1.54, 1.807) is 6.07 Å². The Morgan fingerprint density at radius 2 is 2.26 bits per heavy atom. The van der Waals surface area contributed by atoms with Gasteiger partial charge in [0.15, 0.2) is 0 Å². The number of nitriles is 1. The van der Waals surface area contributed by atoms with Gasteiger partial charge in [-0.1, -0.05) is 12.1 Å². The average Bonchev–Trinajstić information content (AvgIpc) is 2.42. The molecule has 1 aliphatic rings.